The molecule has 0 aliphatic carbocycles. The Morgan fingerprint density at radius 1 is 1.05 bits per heavy atom. The number of pyridine rings is 1. The predicted molar refractivity (Wildman–Crippen MR) is 85.3 cm³/mol. The second kappa shape index (κ2) is 6.10. The van der Waals surface area contributed by atoms with Crippen LogP contribution >= 0.6 is 11.6 Å². The van der Waals surface area contributed by atoms with Crippen molar-refractivity contribution in [1.29, 1.82) is 0 Å². The van der Waals surface area contributed by atoms with Crippen molar-refractivity contribution in [3.63, 3.8) is 0 Å². The summed E-state index contributed by atoms with van der Waals surface area (Å²) in [6.07, 6.45) is 2.49. The van der Waals surface area contributed by atoms with Gasteiger partial charge in [0.15, 0.2) is 0 Å². The largest absolute Gasteiger partial charge is 0.384 e. The van der Waals surface area contributed by atoms with E-state index in [0.717, 1.165) is 29.1 Å². The standard InChI is InChI=1S/C17H14ClFN2/c18-13-6-4-12(5-7-13)8-10-20-16-9-11-21-17-14(16)2-1-3-15(17)19/h1-7,9,11H,8,10H2,(H,20,21). The molecule has 3 aromatic rings. The fourth-order valence-corrected chi connectivity index (χ4v) is 2.41. The minimum atomic E-state index is -0.297. The predicted octanol–water partition coefficient (Wildman–Crippen LogP) is 4.68. The number of anilines is 1. The number of hydrogen-bond acceptors (Lipinski definition) is 2. The van der Waals surface area contributed by atoms with Crippen LogP contribution in [-0.2, 0) is 6.42 Å². The molecule has 0 amide bonds. The van der Waals surface area contributed by atoms with Gasteiger partial charge < -0.3 is 5.32 Å². The van der Waals surface area contributed by atoms with Gasteiger partial charge in [0.05, 0.1) is 0 Å². The van der Waals surface area contributed by atoms with Crippen LogP contribution < -0.4 is 5.32 Å². The lowest BCUT2D eigenvalue weighted by Gasteiger charge is -2.09. The molecule has 4 heteroatoms. The lowest BCUT2D eigenvalue weighted by Crippen LogP contribution is -2.05. The molecule has 0 saturated heterocycles. The monoisotopic (exact) mass is 300 g/mol. The van der Waals surface area contributed by atoms with E-state index in [1.54, 1.807) is 12.3 Å². The van der Waals surface area contributed by atoms with Crippen LogP contribution in [0, 0.1) is 5.82 Å². The average Bonchev–Trinajstić information content (AvgIpc) is 2.50. The Morgan fingerprint density at radius 2 is 1.86 bits per heavy atom. The second-order valence-corrected chi connectivity index (χ2v) is 5.23. The maximum Gasteiger partial charge on any atom is 0.149 e. The highest BCUT2D eigenvalue weighted by Crippen LogP contribution is 2.23. The van der Waals surface area contributed by atoms with E-state index in [0.29, 0.717) is 5.52 Å². The normalized spacial score (nSPS) is 10.8. The first-order valence-corrected chi connectivity index (χ1v) is 7.13. The maximum absolute atomic E-state index is 13.7. The molecule has 0 aliphatic rings. The van der Waals surface area contributed by atoms with E-state index in [-0.39, 0.29) is 5.82 Å². The molecule has 106 valence electrons. The minimum Gasteiger partial charge on any atom is -0.384 e. The summed E-state index contributed by atoms with van der Waals surface area (Å²) in [7, 11) is 0. The van der Waals surface area contributed by atoms with E-state index in [9.17, 15) is 4.39 Å². The number of para-hydroxylation sites is 1. The maximum atomic E-state index is 13.7. The summed E-state index contributed by atoms with van der Waals surface area (Å²) in [5.41, 5.74) is 2.50. The molecular weight excluding hydrogens is 287 g/mol. The van der Waals surface area contributed by atoms with Crippen molar-refractivity contribution in [3.8, 4) is 0 Å². The van der Waals surface area contributed by atoms with E-state index in [4.69, 9.17) is 11.6 Å². The molecule has 0 bridgehead atoms. The topological polar surface area (TPSA) is 24.9 Å². The van der Waals surface area contributed by atoms with Crippen LogP contribution in [0.15, 0.2) is 54.7 Å². The fraction of sp³-hybridized carbons (Fsp3) is 0.118. The average molecular weight is 301 g/mol. The van der Waals surface area contributed by atoms with Gasteiger partial charge in [-0.05, 0) is 36.2 Å². The van der Waals surface area contributed by atoms with Gasteiger partial charge in [0.2, 0.25) is 0 Å². The minimum absolute atomic E-state index is 0.297. The van der Waals surface area contributed by atoms with Crippen LogP contribution in [0.1, 0.15) is 5.56 Å². The molecule has 0 spiro atoms. The van der Waals surface area contributed by atoms with Crippen LogP contribution in [-0.4, -0.2) is 11.5 Å². The highest BCUT2D eigenvalue weighted by molar-refractivity contribution is 6.30. The van der Waals surface area contributed by atoms with Gasteiger partial charge in [-0.3, -0.25) is 4.98 Å². The molecule has 0 atom stereocenters. The highest BCUT2D eigenvalue weighted by atomic mass is 35.5. The second-order valence-electron chi connectivity index (χ2n) is 4.80. The van der Waals surface area contributed by atoms with E-state index in [1.165, 1.54) is 11.6 Å². The Labute approximate surface area is 127 Å². The first-order valence-electron chi connectivity index (χ1n) is 6.75. The van der Waals surface area contributed by atoms with Gasteiger partial charge in [0, 0.05) is 28.8 Å². The van der Waals surface area contributed by atoms with Gasteiger partial charge in [-0.15, -0.1) is 0 Å². The Hall–Kier alpha value is -2.13. The van der Waals surface area contributed by atoms with Crippen LogP contribution in [0.3, 0.4) is 0 Å². The number of nitrogens with one attached hydrogen (secondary N) is 1. The van der Waals surface area contributed by atoms with E-state index < -0.39 is 0 Å². The van der Waals surface area contributed by atoms with E-state index in [2.05, 4.69) is 10.3 Å². The lowest BCUT2D eigenvalue weighted by molar-refractivity contribution is 0.637. The van der Waals surface area contributed by atoms with Gasteiger partial charge in [-0.2, -0.15) is 0 Å². The molecule has 2 aromatic carbocycles. The third-order valence-electron chi connectivity index (χ3n) is 3.36. The quantitative estimate of drug-likeness (QED) is 0.756. The van der Waals surface area contributed by atoms with Crippen LogP contribution in [0.5, 0.6) is 0 Å². The number of hydrogen-bond donors (Lipinski definition) is 1. The molecule has 1 heterocycles. The zero-order valence-electron chi connectivity index (χ0n) is 11.3. The Kier molecular flexibility index (Phi) is 4.02. The molecule has 21 heavy (non-hydrogen) atoms. The van der Waals surface area contributed by atoms with Crippen molar-refractivity contribution in [2.45, 2.75) is 6.42 Å². The lowest BCUT2D eigenvalue weighted by atomic mass is 10.1. The zero-order valence-corrected chi connectivity index (χ0v) is 12.1. The molecule has 1 N–H and O–H groups in total. The fourth-order valence-electron chi connectivity index (χ4n) is 2.29. The molecular formula is C17H14ClFN2. The van der Waals surface area contributed by atoms with Gasteiger partial charge in [-0.25, -0.2) is 4.39 Å². The Balaban J connectivity index is 1.73. The molecule has 0 saturated carbocycles. The van der Waals surface area contributed by atoms with Crippen molar-refractivity contribution in [1.82, 2.24) is 4.98 Å². The third kappa shape index (κ3) is 3.14. The molecule has 0 fully saturated rings. The number of fused-ring (bicyclic) bond motifs is 1. The Morgan fingerprint density at radius 3 is 2.67 bits per heavy atom. The number of nitrogens with zero attached hydrogens (tertiary/aromatic N) is 1. The molecule has 0 aliphatic heterocycles. The molecule has 2 nitrogen and oxygen atoms in total. The third-order valence-corrected chi connectivity index (χ3v) is 3.62. The van der Waals surface area contributed by atoms with E-state index in [1.807, 2.05) is 36.4 Å². The van der Waals surface area contributed by atoms with Gasteiger partial charge in [0.1, 0.15) is 11.3 Å². The summed E-state index contributed by atoms with van der Waals surface area (Å²) in [6.45, 7) is 0.761. The first-order chi connectivity index (χ1) is 10.2. The molecule has 1 aromatic heterocycles. The molecule has 3 rings (SSSR count). The van der Waals surface area contributed by atoms with Gasteiger partial charge in [0.25, 0.3) is 0 Å². The van der Waals surface area contributed by atoms with Crippen molar-refractivity contribution >= 4 is 28.2 Å². The number of rotatable bonds is 4. The molecule has 0 unspecified atom stereocenters. The SMILES string of the molecule is Fc1cccc2c(NCCc3ccc(Cl)cc3)ccnc12. The van der Waals surface area contributed by atoms with Crippen LogP contribution in [0.2, 0.25) is 5.02 Å². The number of halogens is 2. The van der Waals surface area contributed by atoms with Gasteiger partial charge >= 0.3 is 0 Å². The Bertz CT molecular complexity index is 756. The zero-order chi connectivity index (χ0) is 14.7. The van der Waals surface area contributed by atoms with Crippen molar-refractivity contribution in [3.05, 3.63) is 71.1 Å². The van der Waals surface area contributed by atoms with Crippen LogP contribution in [0.4, 0.5) is 10.1 Å². The smallest absolute Gasteiger partial charge is 0.149 e. The summed E-state index contributed by atoms with van der Waals surface area (Å²) in [4.78, 5) is 4.09. The number of aromatic nitrogens is 1. The molecule has 0 radical (unpaired) electrons. The van der Waals surface area contributed by atoms with Gasteiger partial charge in [-0.1, -0.05) is 35.9 Å². The summed E-state index contributed by atoms with van der Waals surface area (Å²) in [6, 6.07) is 14.6. The van der Waals surface area contributed by atoms with Crippen LogP contribution in [0.25, 0.3) is 10.9 Å². The highest BCUT2D eigenvalue weighted by Gasteiger charge is 2.05. The van der Waals surface area contributed by atoms with Crippen molar-refractivity contribution in [2.24, 2.45) is 0 Å². The summed E-state index contributed by atoms with van der Waals surface area (Å²) in [5.74, 6) is -0.297. The summed E-state index contributed by atoms with van der Waals surface area (Å²) < 4.78 is 13.7. The van der Waals surface area contributed by atoms with E-state index >= 15 is 0 Å². The summed E-state index contributed by atoms with van der Waals surface area (Å²) >= 11 is 5.86. The van der Waals surface area contributed by atoms with Crippen molar-refractivity contribution in [2.75, 3.05) is 11.9 Å². The number of benzene rings is 2. The first kappa shape index (κ1) is 13.8. The van der Waals surface area contributed by atoms with Crippen molar-refractivity contribution < 1.29 is 4.39 Å². The summed E-state index contributed by atoms with van der Waals surface area (Å²) in [5, 5.41) is 4.88.